The SMILES string of the molecule is COc1ccc(COc2ccc(F)cc2CCN)cc1Br. The van der Waals surface area contributed by atoms with Gasteiger partial charge in [0.2, 0.25) is 0 Å². The predicted octanol–water partition coefficient (Wildman–Crippen LogP) is 3.68. The van der Waals surface area contributed by atoms with Gasteiger partial charge in [-0.15, -0.1) is 0 Å². The Hall–Kier alpha value is -1.59. The van der Waals surface area contributed by atoms with Crippen LogP contribution in [0.5, 0.6) is 11.5 Å². The third-order valence-electron chi connectivity index (χ3n) is 3.05. The van der Waals surface area contributed by atoms with E-state index in [0.29, 0.717) is 25.3 Å². The number of halogens is 2. The lowest BCUT2D eigenvalue weighted by atomic mass is 10.1. The Kier molecular flexibility index (Phi) is 5.59. The Morgan fingerprint density at radius 1 is 1.14 bits per heavy atom. The average molecular weight is 354 g/mol. The number of methoxy groups -OCH3 is 1. The molecule has 0 spiro atoms. The van der Waals surface area contributed by atoms with Gasteiger partial charge in [-0.3, -0.25) is 0 Å². The first kappa shape index (κ1) is 15.8. The second kappa shape index (κ2) is 7.43. The molecule has 0 unspecified atom stereocenters. The van der Waals surface area contributed by atoms with Crippen molar-refractivity contribution in [2.24, 2.45) is 5.73 Å². The van der Waals surface area contributed by atoms with E-state index in [1.807, 2.05) is 18.2 Å². The smallest absolute Gasteiger partial charge is 0.133 e. The van der Waals surface area contributed by atoms with E-state index in [0.717, 1.165) is 21.3 Å². The van der Waals surface area contributed by atoms with Crippen LogP contribution in [0.2, 0.25) is 0 Å². The van der Waals surface area contributed by atoms with Gasteiger partial charge in [0, 0.05) is 0 Å². The Balaban J connectivity index is 2.10. The van der Waals surface area contributed by atoms with Crippen LogP contribution in [0, 0.1) is 5.82 Å². The zero-order valence-electron chi connectivity index (χ0n) is 11.7. The van der Waals surface area contributed by atoms with Gasteiger partial charge in [0.1, 0.15) is 23.9 Å². The molecule has 5 heteroatoms. The largest absolute Gasteiger partial charge is 0.496 e. The highest BCUT2D eigenvalue weighted by Gasteiger charge is 2.07. The molecule has 2 rings (SSSR count). The summed E-state index contributed by atoms with van der Waals surface area (Å²) in [5, 5.41) is 0. The van der Waals surface area contributed by atoms with E-state index >= 15 is 0 Å². The maximum Gasteiger partial charge on any atom is 0.133 e. The minimum atomic E-state index is -0.280. The van der Waals surface area contributed by atoms with Crippen molar-refractivity contribution in [3.63, 3.8) is 0 Å². The minimum absolute atomic E-state index is 0.280. The molecule has 0 aliphatic carbocycles. The van der Waals surface area contributed by atoms with Crippen LogP contribution in [0.25, 0.3) is 0 Å². The summed E-state index contributed by atoms with van der Waals surface area (Å²) >= 11 is 3.44. The van der Waals surface area contributed by atoms with E-state index in [1.165, 1.54) is 12.1 Å². The second-order valence-electron chi connectivity index (χ2n) is 4.55. The van der Waals surface area contributed by atoms with Crippen molar-refractivity contribution < 1.29 is 13.9 Å². The van der Waals surface area contributed by atoms with E-state index in [9.17, 15) is 4.39 Å². The Labute approximate surface area is 132 Å². The van der Waals surface area contributed by atoms with Crippen molar-refractivity contribution in [2.45, 2.75) is 13.0 Å². The molecule has 112 valence electrons. The summed E-state index contributed by atoms with van der Waals surface area (Å²) in [6, 6.07) is 10.2. The quantitative estimate of drug-likeness (QED) is 0.861. The van der Waals surface area contributed by atoms with Gasteiger partial charge in [-0.25, -0.2) is 4.39 Å². The molecule has 0 atom stereocenters. The van der Waals surface area contributed by atoms with Gasteiger partial charge in [-0.05, 0) is 70.4 Å². The molecular formula is C16H17BrFNO2. The first-order valence-corrected chi connectivity index (χ1v) is 7.37. The van der Waals surface area contributed by atoms with Crippen LogP contribution in [0.1, 0.15) is 11.1 Å². The van der Waals surface area contributed by atoms with E-state index < -0.39 is 0 Å². The number of nitrogens with two attached hydrogens (primary N) is 1. The summed E-state index contributed by atoms with van der Waals surface area (Å²) in [7, 11) is 1.62. The van der Waals surface area contributed by atoms with Gasteiger partial charge in [0.25, 0.3) is 0 Å². The Bertz CT molecular complexity index is 619. The molecule has 2 aromatic carbocycles. The maximum absolute atomic E-state index is 13.3. The van der Waals surface area contributed by atoms with Gasteiger partial charge >= 0.3 is 0 Å². The summed E-state index contributed by atoms with van der Waals surface area (Å²) < 4.78 is 25.1. The highest BCUT2D eigenvalue weighted by Crippen LogP contribution is 2.27. The van der Waals surface area contributed by atoms with Gasteiger partial charge in [0.15, 0.2) is 0 Å². The van der Waals surface area contributed by atoms with E-state index in [4.69, 9.17) is 15.2 Å². The van der Waals surface area contributed by atoms with Gasteiger partial charge < -0.3 is 15.2 Å². The monoisotopic (exact) mass is 353 g/mol. The number of hydrogen-bond donors (Lipinski definition) is 1. The summed E-state index contributed by atoms with van der Waals surface area (Å²) in [5.41, 5.74) is 7.31. The van der Waals surface area contributed by atoms with Crippen LogP contribution in [0.3, 0.4) is 0 Å². The van der Waals surface area contributed by atoms with Gasteiger partial charge in [0.05, 0.1) is 11.6 Å². The molecule has 2 N–H and O–H groups in total. The number of benzene rings is 2. The summed E-state index contributed by atoms with van der Waals surface area (Å²) in [4.78, 5) is 0. The van der Waals surface area contributed by atoms with Crippen molar-refractivity contribution in [1.82, 2.24) is 0 Å². The zero-order valence-corrected chi connectivity index (χ0v) is 13.3. The number of ether oxygens (including phenoxy) is 2. The van der Waals surface area contributed by atoms with Crippen LogP contribution in [0.15, 0.2) is 40.9 Å². The van der Waals surface area contributed by atoms with E-state index in [-0.39, 0.29) is 5.82 Å². The topological polar surface area (TPSA) is 44.5 Å². The van der Waals surface area contributed by atoms with Gasteiger partial charge in [-0.2, -0.15) is 0 Å². The van der Waals surface area contributed by atoms with Crippen LogP contribution in [-0.4, -0.2) is 13.7 Å². The minimum Gasteiger partial charge on any atom is -0.496 e. The Morgan fingerprint density at radius 2 is 1.90 bits per heavy atom. The second-order valence-corrected chi connectivity index (χ2v) is 5.40. The molecule has 0 aromatic heterocycles. The average Bonchev–Trinajstić information content (AvgIpc) is 2.47. The summed E-state index contributed by atoms with van der Waals surface area (Å²) in [5.74, 6) is 1.15. The maximum atomic E-state index is 13.3. The zero-order chi connectivity index (χ0) is 15.2. The van der Waals surface area contributed by atoms with Crippen LogP contribution in [-0.2, 0) is 13.0 Å². The molecule has 0 fully saturated rings. The van der Waals surface area contributed by atoms with Crippen molar-refractivity contribution in [3.05, 3.63) is 57.8 Å². The van der Waals surface area contributed by atoms with Crippen LogP contribution >= 0.6 is 15.9 Å². The summed E-state index contributed by atoms with van der Waals surface area (Å²) in [6.45, 7) is 0.847. The highest BCUT2D eigenvalue weighted by atomic mass is 79.9. The highest BCUT2D eigenvalue weighted by molar-refractivity contribution is 9.10. The van der Waals surface area contributed by atoms with Gasteiger partial charge in [-0.1, -0.05) is 6.07 Å². The van der Waals surface area contributed by atoms with E-state index in [1.54, 1.807) is 13.2 Å². The van der Waals surface area contributed by atoms with Crippen molar-refractivity contribution >= 4 is 15.9 Å². The molecule has 0 radical (unpaired) electrons. The predicted molar refractivity (Wildman–Crippen MR) is 84.2 cm³/mol. The number of hydrogen-bond acceptors (Lipinski definition) is 3. The molecule has 0 bridgehead atoms. The molecule has 0 saturated heterocycles. The third-order valence-corrected chi connectivity index (χ3v) is 3.67. The molecule has 21 heavy (non-hydrogen) atoms. The fraction of sp³-hybridized carbons (Fsp3) is 0.250. The van der Waals surface area contributed by atoms with Crippen LogP contribution < -0.4 is 15.2 Å². The summed E-state index contributed by atoms with van der Waals surface area (Å²) in [6.07, 6.45) is 0.583. The van der Waals surface area contributed by atoms with Crippen molar-refractivity contribution in [1.29, 1.82) is 0 Å². The lowest BCUT2D eigenvalue weighted by molar-refractivity contribution is 0.302. The first-order chi connectivity index (χ1) is 10.1. The van der Waals surface area contributed by atoms with E-state index in [2.05, 4.69) is 15.9 Å². The Morgan fingerprint density at radius 3 is 2.57 bits per heavy atom. The van der Waals surface area contributed by atoms with Crippen molar-refractivity contribution in [3.8, 4) is 11.5 Å². The number of rotatable bonds is 6. The molecule has 0 amide bonds. The standard InChI is InChI=1S/C16H17BrFNO2/c1-20-16-4-2-11(8-14(16)17)10-21-15-5-3-13(18)9-12(15)6-7-19/h2-5,8-9H,6-7,10,19H2,1H3. The molecule has 2 aromatic rings. The fourth-order valence-corrected chi connectivity index (χ4v) is 2.59. The molecular weight excluding hydrogens is 337 g/mol. The fourth-order valence-electron chi connectivity index (χ4n) is 2.00. The van der Waals surface area contributed by atoms with Crippen LogP contribution in [0.4, 0.5) is 4.39 Å². The first-order valence-electron chi connectivity index (χ1n) is 6.57. The molecule has 0 saturated carbocycles. The molecule has 0 heterocycles. The lowest BCUT2D eigenvalue weighted by Gasteiger charge is -2.12. The molecule has 0 aliphatic rings. The normalized spacial score (nSPS) is 10.5. The lowest BCUT2D eigenvalue weighted by Crippen LogP contribution is -2.06. The van der Waals surface area contributed by atoms with Crippen molar-refractivity contribution in [2.75, 3.05) is 13.7 Å². The molecule has 3 nitrogen and oxygen atoms in total. The molecule has 0 aliphatic heterocycles. The third kappa shape index (κ3) is 4.19.